The molecule has 2 aromatic carbocycles. The average Bonchev–Trinajstić information content (AvgIpc) is 2.84. The normalized spacial score (nSPS) is 15.9. The Balaban J connectivity index is 1.81. The van der Waals surface area contributed by atoms with Crippen LogP contribution in [0.4, 0.5) is 17.1 Å². The number of para-hydroxylation sites is 2. The smallest absolute Gasteiger partial charge is 0.338 e. The van der Waals surface area contributed by atoms with Gasteiger partial charge in [0.05, 0.1) is 21.9 Å². The van der Waals surface area contributed by atoms with Gasteiger partial charge in [0.1, 0.15) is 4.90 Å². The number of nitro groups is 1. The van der Waals surface area contributed by atoms with Crippen LogP contribution in [0.1, 0.15) is 23.7 Å². The summed E-state index contributed by atoms with van der Waals surface area (Å²) in [6.07, 6.45) is 0.847. The Kier molecular flexibility index (Phi) is 6.25. The van der Waals surface area contributed by atoms with E-state index in [1.807, 2.05) is 0 Å². The van der Waals surface area contributed by atoms with Gasteiger partial charge in [-0.15, -0.1) is 0 Å². The molecular weight excluding hydrogens is 442 g/mol. The number of ether oxygens (including phenoxy) is 1. The minimum atomic E-state index is -3.89. The summed E-state index contributed by atoms with van der Waals surface area (Å²) in [5, 5.41) is 13.9. The average molecular weight is 461 g/mol. The number of fused-ring (bicyclic) bond motifs is 1. The van der Waals surface area contributed by atoms with E-state index in [4.69, 9.17) is 4.74 Å². The van der Waals surface area contributed by atoms with Crippen molar-refractivity contribution in [3.05, 3.63) is 58.1 Å². The highest BCUT2D eigenvalue weighted by Crippen LogP contribution is 2.31. The first-order chi connectivity index (χ1) is 15.0. The van der Waals surface area contributed by atoms with Crippen LogP contribution in [-0.4, -0.2) is 50.0 Å². The monoisotopic (exact) mass is 461 g/mol. The van der Waals surface area contributed by atoms with E-state index in [2.05, 4.69) is 5.32 Å². The SMILES string of the molecule is CC1CC(=O)Nc2ccccc2N1C(=O)COC(=O)c1ccc(S(C)(=O)=O)c([N+](=O)[O-])c1. The summed E-state index contributed by atoms with van der Waals surface area (Å²) >= 11 is 0. The van der Waals surface area contributed by atoms with Crippen molar-refractivity contribution in [1.82, 2.24) is 0 Å². The summed E-state index contributed by atoms with van der Waals surface area (Å²) in [4.78, 5) is 48.4. The summed E-state index contributed by atoms with van der Waals surface area (Å²) in [6.45, 7) is 0.988. The van der Waals surface area contributed by atoms with Crippen LogP contribution >= 0.6 is 0 Å². The first-order valence-electron chi connectivity index (χ1n) is 9.35. The predicted molar refractivity (Wildman–Crippen MR) is 113 cm³/mol. The molecule has 0 aliphatic carbocycles. The quantitative estimate of drug-likeness (QED) is 0.403. The Bertz CT molecular complexity index is 1230. The number of carbonyl (C=O) groups is 3. The molecule has 32 heavy (non-hydrogen) atoms. The highest BCUT2D eigenvalue weighted by Gasteiger charge is 2.30. The van der Waals surface area contributed by atoms with Crippen LogP contribution in [0.25, 0.3) is 0 Å². The molecule has 11 nitrogen and oxygen atoms in total. The highest BCUT2D eigenvalue weighted by atomic mass is 32.2. The molecule has 1 aliphatic heterocycles. The van der Waals surface area contributed by atoms with E-state index in [0.717, 1.165) is 24.5 Å². The van der Waals surface area contributed by atoms with E-state index in [-0.39, 0.29) is 17.9 Å². The molecule has 168 valence electrons. The van der Waals surface area contributed by atoms with Gasteiger partial charge in [-0.25, -0.2) is 13.2 Å². The molecule has 0 radical (unpaired) electrons. The predicted octanol–water partition coefficient (Wildman–Crippen LogP) is 1.92. The van der Waals surface area contributed by atoms with Gasteiger partial charge in [0, 0.05) is 24.8 Å². The third kappa shape index (κ3) is 4.75. The zero-order valence-corrected chi connectivity index (χ0v) is 17.9. The van der Waals surface area contributed by atoms with Crippen molar-refractivity contribution in [3.8, 4) is 0 Å². The topological polar surface area (TPSA) is 153 Å². The molecule has 1 N–H and O–H groups in total. The third-order valence-corrected chi connectivity index (χ3v) is 5.89. The van der Waals surface area contributed by atoms with Gasteiger partial charge in [0.2, 0.25) is 5.91 Å². The molecule has 1 unspecified atom stereocenters. The first kappa shape index (κ1) is 22.9. The van der Waals surface area contributed by atoms with Gasteiger partial charge in [0.25, 0.3) is 11.6 Å². The number of nitro benzene ring substituents is 1. The summed E-state index contributed by atoms with van der Waals surface area (Å²) in [7, 11) is -3.89. The Hall–Kier alpha value is -3.80. The molecule has 3 rings (SSSR count). The van der Waals surface area contributed by atoms with Gasteiger partial charge >= 0.3 is 5.97 Å². The molecular formula is C20H19N3O8S. The fourth-order valence-electron chi connectivity index (χ4n) is 3.35. The van der Waals surface area contributed by atoms with E-state index < -0.39 is 49.9 Å². The second kappa shape index (κ2) is 8.75. The second-order valence-electron chi connectivity index (χ2n) is 7.17. The minimum Gasteiger partial charge on any atom is -0.452 e. The van der Waals surface area contributed by atoms with E-state index in [9.17, 15) is 32.9 Å². The molecule has 2 aromatic rings. The zero-order chi connectivity index (χ0) is 23.6. The molecule has 0 bridgehead atoms. The van der Waals surface area contributed by atoms with Crippen molar-refractivity contribution in [2.75, 3.05) is 23.1 Å². The number of esters is 1. The summed E-state index contributed by atoms with van der Waals surface area (Å²) in [6, 6.07) is 8.96. The fraction of sp³-hybridized carbons (Fsp3) is 0.250. The number of hydrogen-bond acceptors (Lipinski definition) is 8. The lowest BCUT2D eigenvalue weighted by Gasteiger charge is -2.27. The lowest BCUT2D eigenvalue weighted by molar-refractivity contribution is -0.387. The summed E-state index contributed by atoms with van der Waals surface area (Å²) in [5.41, 5.74) is -0.167. The van der Waals surface area contributed by atoms with Crippen LogP contribution < -0.4 is 10.2 Å². The van der Waals surface area contributed by atoms with Crippen LogP contribution in [-0.2, 0) is 24.2 Å². The molecule has 1 heterocycles. The van der Waals surface area contributed by atoms with Crippen molar-refractivity contribution >= 4 is 44.7 Å². The zero-order valence-electron chi connectivity index (χ0n) is 17.1. The molecule has 2 amide bonds. The lowest BCUT2D eigenvalue weighted by atomic mass is 10.1. The Morgan fingerprint density at radius 3 is 2.59 bits per heavy atom. The van der Waals surface area contributed by atoms with Crippen LogP contribution in [0.15, 0.2) is 47.4 Å². The molecule has 0 spiro atoms. The maximum Gasteiger partial charge on any atom is 0.338 e. The molecule has 1 atom stereocenters. The van der Waals surface area contributed by atoms with Gasteiger partial charge in [-0.05, 0) is 31.2 Å². The number of hydrogen-bond donors (Lipinski definition) is 1. The minimum absolute atomic E-state index is 0.0352. The van der Waals surface area contributed by atoms with E-state index >= 15 is 0 Å². The first-order valence-corrected chi connectivity index (χ1v) is 11.2. The molecule has 12 heteroatoms. The van der Waals surface area contributed by atoms with E-state index in [1.165, 1.54) is 4.90 Å². The van der Waals surface area contributed by atoms with Gasteiger partial charge in [-0.1, -0.05) is 12.1 Å². The van der Waals surface area contributed by atoms with Crippen LogP contribution in [0.3, 0.4) is 0 Å². The van der Waals surface area contributed by atoms with Crippen molar-refractivity contribution < 1.29 is 32.5 Å². The number of rotatable bonds is 5. The molecule has 0 aromatic heterocycles. The van der Waals surface area contributed by atoms with Crippen molar-refractivity contribution in [2.24, 2.45) is 0 Å². The number of amides is 2. The standard InChI is InChI=1S/C20H19N3O8S/c1-12-9-18(24)21-14-5-3-4-6-15(14)22(12)19(25)11-31-20(26)13-7-8-17(32(2,29)30)16(10-13)23(27)28/h3-8,10,12H,9,11H2,1-2H3,(H,21,24). The van der Waals surface area contributed by atoms with E-state index in [1.54, 1.807) is 31.2 Å². The Labute approximate surface area is 183 Å². The van der Waals surface area contributed by atoms with Gasteiger partial charge in [-0.2, -0.15) is 0 Å². The maximum absolute atomic E-state index is 12.8. The molecule has 1 aliphatic rings. The Morgan fingerprint density at radius 2 is 1.94 bits per heavy atom. The highest BCUT2D eigenvalue weighted by molar-refractivity contribution is 7.90. The van der Waals surface area contributed by atoms with Gasteiger partial charge in [-0.3, -0.25) is 19.7 Å². The summed E-state index contributed by atoms with van der Waals surface area (Å²) < 4.78 is 28.5. The Morgan fingerprint density at radius 1 is 1.25 bits per heavy atom. The van der Waals surface area contributed by atoms with Gasteiger partial charge in [0.15, 0.2) is 16.4 Å². The molecule has 0 saturated heterocycles. The lowest BCUT2D eigenvalue weighted by Crippen LogP contribution is -2.41. The van der Waals surface area contributed by atoms with Crippen molar-refractivity contribution in [2.45, 2.75) is 24.3 Å². The molecule has 0 fully saturated rings. The number of benzene rings is 2. The van der Waals surface area contributed by atoms with Gasteiger partial charge < -0.3 is 15.0 Å². The maximum atomic E-state index is 12.8. The van der Waals surface area contributed by atoms with Crippen molar-refractivity contribution in [1.29, 1.82) is 0 Å². The number of anilines is 2. The third-order valence-electron chi connectivity index (χ3n) is 4.75. The van der Waals surface area contributed by atoms with E-state index in [0.29, 0.717) is 11.4 Å². The van der Waals surface area contributed by atoms with Crippen LogP contribution in [0.5, 0.6) is 0 Å². The number of carbonyl (C=O) groups excluding carboxylic acids is 3. The largest absolute Gasteiger partial charge is 0.452 e. The number of sulfone groups is 1. The fourth-order valence-corrected chi connectivity index (χ4v) is 4.18. The summed E-state index contributed by atoms with van der Waals surface area (Å²) in [5.74, 6) is -1.90. The van der Waals surface area contributed by atoms with Crippen molar-refractivity contribution in [3.63, 3.8) is 0 Å². The van der Waals surface area contributed by atoms with Crippen LogP contribution in [0.2, 0.25) is 0 Å². The number of nitrogens with one attached hydrogen (secondary N) is 1. The second-order valence-corrected chi connectivity index (χ2v) is 9.15. The number of nitrogens with zero attached hydrogens (tertiary/aromatic N) is 2. The van der Waals surface area contributed by atoms with Crippen LogP contribution in [0, 0.1) is 10.1 Å². The molecule has 0 saturated carbocycles.